The normalized spacial score (nSPS) is 11.4. The van der Waals surface area contributed by atoms with E-state index in [0.29, 0.717) is 0 Å². The summed E-state index contributed by atoms with van der Waals surface area (Å²) < 4.78 is 13.1. The van der Waals surface area contributed by atoms with Crippen molar-refractivity contribution in [3.05, 3.63) is 59.0 Å². The van der Waals surface area contributed by atoms with E-state index in [9.17, 15) is 14.4 Å². The highest BCUT2D eigenvalue weighted by Gasteiger charge is 2.25. The van der Waals surface area contributed by atoms with Crippen LogP contribution in [0.3, 0.4) is 0 Å². The molecule has 2 amide bonds. The number of nitrogens with one attached hydrogen (secondary N) is 1. The maximum atomic E-state index is 12.9. The number of hydrogen-bond acceptors (Lipinski definition) is 9. The minimum absolute atomic E-state index is 0.0350. The minimum atomic E-state index is -0.753. The molecule has 0 bridgehead atoms. The fourth-order valence-electron chi connectivity index (χ4n) is 3.06. The molecule has 0 atom stereocenters. The standard InChI is InChI=1S/C21H22N8O5/c1-21(2,3)34-20(32)27(4)15-10-14(26-17-12(16(22)30)11-24-29(15)17)25-13-6-5-8-28(18(13)31)19-23-7-9-33-19/h5-11H,1-4H3,(H2,22,30)(H,25,26). The van der Waals surface area contributed by atoms with Crippen LogP contribution in [0.5, 0.6) is 0 Å². The summed E-state index contributed by atoms with van der Waals surface area (Å²) in [4.78, 5) is 47.1. The van der Waals surface area contributed by atoms with E-state index in [1.54, 1.807) is 26.8 Å². The second-order valence-electron chi connectivity index (χ2n) is 8.23. The molecule has 4 rings (SSSR count). The Labute approximate surface area is 192 Å². The molecule has 0 aliphatic rings. The number of oxazole rings is 1. The van der Waals surface area contributed by atoms with E-state index in [1.807, 2.05) is 0 Å². The summed E-state index contributed by atoms with van der Waals surface area (Å²) in [5.41, 5.74) is 4.53. The highest BCUT2D eigenvalue weighted by Crippen LogP contribution is 2.24. The van der Waals surface area contributed by atoms with E-state index in [1.165, 1.54) is 58.0 Å². The lowest BCUT2D eigenvalue weighted by Crippen LogP contribution is -2.35. The van der Waals surface area contributed by atoms with Gasteiger partial charge in [0.25, 0.3) is 11.5 Å². The van der Waals surface area contributed by atoms with Crippen LogP contribution in [0.4, 0.5) is 22.1 Å². The van der Waals surface area contributed by atoms with Gasteiger partial charge >= 0.3 is 12.1 Å². The first-order chi connectivity index (χ1) is 16.0. The average Bonchev–Trinajstić information content (AvgIpc) is 3.43. The van der Waals surface area contributed by atoms with Gasteiger partial charge in [-0.25, -0.2) is 19.3 Å². The SMILES string of the molecule is CN(C(=O)OC(C)(C)C)c1cc(Nc2cccn(-c3ncco3)c2=O)nc2c(C(N)=O)cnn12. The molecule has 0 fully saturated rings. The van der Waals surface area contributed by atoms with Crippen molar-refractivity contribution < 1.29 is 18.7 Å². The van der Waals surface area contributed by atoms with Crippen molar-refractivity contribution in [1.82, 2.24) is 24.1 Å². The number of amides is 2. The Morgan fingerprint density at radius 3 is 2.71 bits per heavy atom. The first-order valence-electron chi connectivity index (χ1n) is 10.1. The summed E-state index contributed by atoms with van der Waals surface area (Å²) in [6.07, 6.45) is 4.86. The molecule has 176 valence electrons. The first kappa shape index (κ1) is 22.5. The van der Waals surface area contributed by atoms with Gasteiger partial charge in [0.2, 0.25) is 0 Å². The summed E-state index contributed by atoms with van der Waals surface area (Å²) in [7, 11) is 1.48. The molecule has 34 heavy (non-hydrogen) atoms. The number of ether oxygens (including phenoxy) is 1. The molecule has 4 aromatic rings. The number of fused-ring (bicyclic) bond motifs is 1. The fraction of sp³-hybridized carbons (Fsp3) is 0.238. The van der Waals surface area contributed by atoms with Crippen LogP contribution in [-0.4, -0.2) is 48.8 Å². The molecule has 3 N–H and O–H groups in total. The maximum absolute atomic E-state index is 12.9. The zero-order valence-electron chi connectivity index (χ0n) is 18.8. The van der Waals surface area contributed by atoms with Gasteiger partial charge in [0.05, 0.1) is 12.4 Å². The quantitative estimate of drug-likeness (QED) is 0.448. The third kappa shape index (κ3) is 4.30. The van der Waals surface area contributed by atoms with Crippen LogP contribution in [0.15, 0.2) is 52.3 Å². The molecule has 13 heteroatoms. The summed E-state index contributed by atoms with van der Waals surface area (Å²) in [5, 5.41) is 7.06. The summed E-state index contributed by atoms with van der Waals surface area (Å²) >= 11 is 0. The zero-order valence-corrected chi connectivity index (χ0v) is 18.8. The lowest BCUT2D eigenvalue weighted by atomic mass is 10.2. The van der Waals surface area contributed by atoms with E-state index >= 15 is 0 Å². The molecule has 4 heterocycles. The lowest BCUT2D eigenvalue weighted by molar-refractivity contribution is 0.0587. The number of carbonyl (C=O) groups is 2. The van der Waals surface area contributed by atoms with E-state index in [-0.39, 0.29) is 34.5 Å². The highest BCUT2D eigenvalue weighted by molar-refractivity contribution is 5.99. The maximum Gasteiger partial charge on any atom is 0.415 e. The number of hydrogen-bond donors (Lipinski definition) is 2. The Morgan fingerprint density at radius 2 is 2.06 bits per heavy atom. The first-order valence-corrected chi connectivity index (χ1v) is 10.1. The van der Waals surface area contributed by atoms with Crippen LogP contribution < -0.4 is 21.5 Å². The van der Waals surface area contributed by atoms with Crippen molar-refractivity contribution in [2.45, 2.75) is 26.4 Å². The highest BCUT2D eigenvalue weighted by atomic mass is 16.6. The zero-order chi connectivity index (χ0) is 24.6. The summed E-state index contributed by atoms with van der Waals surface area (Å²) in [6, 6.07) is 4.73. The number of carbonyl (C=O) groups excluding carboxylic acids is 2. The Hall–Kier alpha value is -4.68. The molecule has 0 spiro atoms. The number of aromatic nitrogens is 5. The van der Waals surface area contributed by atoms with Crippen LogP contribution >= 0.6 is 0 Å². The number of nitrogens with zero attached hydrogens (tertiary/aromatic N) is 6. The topological polar surface area (TPSA) is 163 Å². The Kier molecular flexibility index (Phi) is 5.53. The molecule has 0 aliphatic heterocycles. The van der Waals surface area contributed by atoms with Crippen molar-refractivity contribution in [2.24, 2.45) is 5.73 Å². The van der Waals surface area contributed by atoms with Gasteiger partial charge in [0.1, 0.15) is 34.8 Å². The van der Waals surface area contributed by atoms with Crippen LogP contribution in [0.1, 0.15) is 31.1 Å². The molecule has 4 aromatic heterocycles. The Morgan fingerprint density at radius 1 is 1.29 bits per heavy atom. The van der Waals surface area contributed by atoms with E-state index in [2.05, 4.69) is 20.4 Å². The molecular weight excluding hydrogens is 444 g/mol. The molecule has 0 aliphatic carbocycles. The predicted octanol–water partition coefficient (Wildman–Crippen LogP) is 2.08. The average molecular weight is 466 g/mol. The third-order valence-electron chi connectivity index (χ3n) is 4.56. The smallest absolute Gasteiger partial charge is 0.415 e. The Bertz CT molecular complexity index is 1430. The van der Waals surface area contributed by atoms with Gasteiger partial charge in [-0.1, -0.05) is 0 Å². The van der Waals surface area contributed by atoms with E-state index < -0.39 is 23.2 Å². The monoisotopic (exact) mass is 466 g/mol. The van der Waals surface area contributed by atoms with Crippen LogP contribution in [0, 0.1) is 0 Å². The van der Waals surface area contributed by atoms with Gasteiger partial charge in [0.15, 0.2) is 5.65 Å². The Balaban J connectivity index is 1.81. The van der Waals surface area contributed by atoms with Gasteiger partial charge in [-0.15, -0.1) is 0 Å². The van der Waals surface area contributed by atoms with Crippen molar-refractivity contribution in [1.29, 1.82) is 0 Å². The molecule has 0 saturated carbocycles. The van der Waals surface area contributed by atoms with Crippen molar-refractivity contribution in [2.75, 3.05) is 17.3 Å². The summed E-state index contributed by atoms with van der Waals surface area (Å²) in [6.45, 7) is 5.21. The predicted molar refractivity (Wildman–Crippen MR) is 122 cm³/mol. The molecule has 0 unspecified atom stereocenters. The summed E-state index contributed by atoms with van der Waals surface area (Å²) in [5.74, 6) is -0.377. The van der Waals surface area contributed by atoms with Crippen LogP contribution in [-0.2, 0) is 4.74 Å². The van der Waals surface area contributed by atoms with Gasteiger partial charge in [0, 0.05) is 19.3 Å². The third-order valence-corrected chi connectivity index (χ3v) is 4.56. The fourth-order valence-corrected chi connectivity index (χ4v) is 3.06. The molecular formula is C21H22N8O5. The molecule has 0 aromatic carbocycles. The minimum Gasteiger partial charge on any atom is -0.443 e. The molecule has 13 nitrogen and oxygen atoms in total. The van der Waals surface area contributed by atoms with Crippen LogP contribution in [0.25, 0.3) is 11.7 Å². The van der Waals surface area contributed by atoms with Gasteiger partial charge in [-0.3, -0.25) is 14.5 Å². The second kappa shape index (κ2) is 8.35. The number of nitrogens with two attached hydrogens (primary N) is 1. The van der Waals surface area contributed by atoms with Crippen molar-refractivity contribution >= 4 is 35.0 Å². The lowest BCUT2D eigenvalue weighted by Gasteiger charge is -2.25. The second-order valence-corrected chi connectivity index (χ2v) is 8.23. The van der Waals surface area contributed by atoms with Gasteiger partial charge in [-0.2, -0.15) is 9.61 Å². The van der Waals surface area contributed by atoms with Crippen molar-refractivity contribution in [3.8, 4) is 6.01 Å². The van der Waals surface area contributed by atoms with E-state index in [4.69, 9.17) is 14.9 Å². The number of pyridine rings is 1. The van der Waals surface area contributed by atoms with Crippen molar-refractivity contribution in [3.63, 3.8) is 0 Å². The largest absolute Gasteiger partial charge is 0.443 e. The number of primary amides is 1. The molecule has 0 radical (unpaired) electrons. The van der Waals surface area contributed by atoms with Gasteiger partial charge in [-0.05, 0) is 32.9 Å². The number of anilines is 3. The van der Waals surface area contributed by atoms with E-state index in [0.717, 1.165) is 0 Å². The van der Waals surface area contributed by atoms with Crippen LogP contribution in [0.2, 0.25) is 0 Å². The molecule has 0 saturated heterocycles. The number of rotatable bonds is 5. The van der Waals surface area contributed by atoms with Gasteiger partial charge < -0.3 is 20.2 Å².